The summed E-state index contributed by atoms with van der Waals surface area (Å²) in [6.07, 6.45) is 1.66. The minimum atomic E-state index is 0.154. The second-order valence-corrected chi connectivity index (χ2v) is 5.03. The van der Waals surface area contributed by atoms with Crippen LogP contribution < -0.4 is 10.6 Å². The van der Waals surface area contributed by atoms with E-state index in [1.165, 1.54) is 0 Å². The molecule has 20 heavy (non-hydrogen) atoms. The number of hydrogen-bond acceptors (Lipinski definition) is 5. The maximum absolute atomic E-state index is 9.19. The van der Waals surface area contributed by atoms with Gasteiger partial charge in [0, 0.05) is 25.3 Å². The summed E-state index contributed by atoms with van der Waals surface area (Å²) in [5, 5.41) is 9.19. The van der Waals surface area contributed by atoms with Crippen LogP contribution in [0, 0.1) is 17.2 Å². The van der Waals surface area contributed by atoms with E-state index in [1.807, 2.05) is 13.0 Å². The van der Waals surface area contributed by atoms with Gasteiger partial charge in [0.25, 0.3) is 0 Å². The SMILES string of the molecule is C=Nc1c(N2C[C@@H](C)[C@@H](N)C2)ccc(C#N)c1N=CC. The van der Waals surface area contributed by atoms with Crippen LogP contribution in [0.15, 0.2) is 22.1 Å². The molecule has 0 bridgehead atoms. The van der Waals surface area contributed by atoms with Gasteiger partial charge in [-0.1, -0.05) is 6.92 Å². The van der Waals surface area contributed by atoms with E-state index in [0.717, 1.165) is 18.8 Å². The molecule has 5 nitrogen and oxygen atoms in total. The van der Waals surface area contributed by atoms with Crippen molar-refractivity contribution in [3.05, 3.63) is 17.7 Å². The van der Waals surface area contributed by atoms with Crippen molar-refractivity contribution in [3.8, 4) is 6.07 Å². The Balaban J connectivity index is 2.52. The third kappa shape index (κ3) is 2.43. The standard InChI is InChI=1S/C15H19N5/c1-4-19-14-11(7-16)5-6-13(15(14)18-3)20-8-10(2)12(17)9-20/h4-6,10,12H,3,8-9,17H2,1-2H3/t10-,12+/m1/s1. The Labute approximate surface area is 119 Å². The van der Waals surface area contributed by atoms with Gasteiger partial charge in [0.05, 0.1) is 11.3 Å². The van der Waals surface area contributed by atoms with Crippen LogP contribution >= 0.6 is 0 Å². The van der Waals surface area contributed by atoms with Gasteiger partial charge in [0.1, 0.15) is 17.4 Å². The van der Waals surface area contributed by atoms with Crippen LogP contribution in [0.1, 0.15) is 19.4 Å². The number of nitriles is 1. The number of nitrogens with zero attached hydrogens (tertiary/aromatic N) is 4. The van der Waals surface area contributed by atoms with Crippen molar-refractivity contribution in [2.45, 2.75) is 19.9 Å². The van der Waals surface area contributed by atoms with Gasteiger partial charge in [-0.2, -0.15) is 5.26 Å². The Hall–Kier alpha value is -2.19. The van der Waals surface area contributed by atoms with Crippen LogP contribution in [0.25, 0.3) is 0 Å². The molecule has 0 spiro atoms. The molecule has 0 radical (unpaired) electrons. The number of rotatable bonds is 3. The lowest BCUT2D eigenvalue weighted by Crippen LogP contribution is -2.28. The van der Waals surface area contributed by atoms with E-state index in [1.54, 1.807) is 12.3 Å². The zero-order chi connectivity index (χ0) is 14.7. The first-order valence-electron chi connectivity index (χ1n) is 6.65. The highest BCUT2D eigenvalue weighted by atomic mass is 15.2. The maximum Gasteiger partial charge on any atom is 0.112 e. The molecule has 0 aliphatic carbocycles. The molecular weight excluding hydrogens is 250 g/mol. The van der Waals surface area contributed by atoms with Crippen LogP contribution in [-0.2, 0) is 0 Å². The summed E-state index contributed by atoms with van der Waals surface area (Å²) in [5.74, 6) is 0.432. The van der Waals surface area contributed by atoms with E-state index in [2.05, 4.69) is 34.6 Å². The summed E-state index contributed by atoms with van der Waals surface area (Å²) in [5.41, 5.74) is 8.76. The second kappa shape index (κ2) is 5.85. The fourth-order valence-electron chi connectivity index (χ4n) is 2.52. The molecule has 1 heterocycles. The average molecular weight is 269 g/mol. The zero-order valence-electron chi connectivity index (χ0n) is 11.9. The molecule has 0 amide bonds. The number of benzene rings is 1. The molecule has 1 aliphatic heterocycles. The Bertz CT molecular complexity index is 575. The molecule has 2 atom stereocenters. The second-order valence-electron chi connectivity index (χ2n) is 5.03. The fourth-order valence-corrected chi connectivity index (χ4v) is 2.52. The molecule has 0 unspecified atom stereocenters. The van der Waals surface area contributed by atoms with Crippen molar-refractivity contribution in [1.29, 1.82) is 5.26 Å². The first-order chi connectivity index (χ1) is 9.62. The Kier molecular flexibility index (Phi) is 4.16. The molecule has 5 heteroatoms. The predicted octanol–water partition coefficient (Wildman–Crippen LogP) is 2.40. The van der Waals surface area contributed by atoms with Gasteiger partial charge in [-0.05, 0) is 31.7 Å². The summed E-state index contributed by atoms with van der Waals surface area (Å²) < 4.78 is 0. The van der Waals surface area contributed by atoms with E-state index in [4.69, 9.17) is 5.73 Å². The smallest absolute Gasteiger partial charge is 0.112 e. The highest BCUT2D eigenvalue weighted by Gasteiger charge is 2.29. The van der Waals surface area contributed by atoms with E-state index in [-0.39, 0.29) is 6.04 Å². The monoisotopic (exact) mass is 269 g/mol. The zero-order valence-corrected chi connectivity index (χ0v) is 11.9. The van der Waals surface area contributed by atoms with E-state index < -0.39 is 0 Å². The lowest BCUT2D eigenvalue weighted by atomic mass is 10.1. The summed E-state index contributed by atoms with van der Waals surface area (Å²) >= 11 is 0. The van der Waals surface area contributed by atoms with Gasteiger partial charge < -0.3 is 10.6 Å². The maximum atomic E-state index is 9.19. The molecule has 1 aromatic rings. The molecule has 1 aliphatic rings. The van der Waals surface area contributed by atoms with Crippen LogP contribution in [0.3, 0.4) is 0 Å². The highest BCUT2D eigenvalue weighted by Crippen LogP contribution is 2.41. The molecule has 1 aromatic carbocycles. The van der Waals surface area contributed by atoms with E-state index in [0.29, 0.717) is 22.9 Å². The number of nitrogens with two attached hydrogens (primary N) is 1. The molecule has 0 aromatic heterocycles. The van der Waals surface area contributed by atoms with Gasteiger partial charge >= 0.3 is 0 Å². The van der Waals surface area contributed by atoms with Crippen LogP contribution in [0.5, 0.6) is 0 Å². The van der Waals surface area contributed by atoms with Gasteiger partial charge in [0.2, 0.25) is 0 Å². The molecule has 1 saturated heterocycles. The Morgan fingerprint density at radius 1 is 1.45 bits per heavy atom. The van der Waals surface area contributed by atoms with Crippen molar-refractivity contribution >= 4 is 30.0 Å². The average Bonchev–Trinajstić information content (AvgIpc) is 2.78. The Morgan fingerprint density at radius 2 is 2.20 bits per heavy atom. The van der Waals surface area contributed by atoms with Crippen molar-refractivity contribution in [2.24, 2.45) is 21.6 Å². The van der Waals surface area contributed by atoms with Gasteiger partial charge in [-0.15, -0.1) is 0 Å². The first kappa shape index (κ1) is 14.2. The largest absolute Gasteiger partial charge is 0.368 e. The highest BCUT2D eigenvalue weighted by molar-refractivity contribution is 5.86. The molecule has 1 fully saturated rings. The van der Waals surface area contributed by atoms with Crippen LogP contribution in [0.4, 0.5) is 17.1 Å². The summed E-state index contributed by atoms with van der Waals surface area (Å²) in [4.78, 5) is 10.6. The fraction of sp³-hybridized carbons (Fsp3) is 0.400. The molecule has 104 valence electrons. The number of anilines is 1. The molecule has 2 rings (SSSR count). The van der Waals surface area contributed by atoms with E-state index >= 15 is 0 Å². The van der Waals surface area contributed by atoms with Crippen molar-refractivity contribution < 1.29 is 0 Å². The quantitative estimate of drug-likeness (QED) is 0.856. The summed E-state index contributed by atoms with van der Waals surface area (Å²) in [7, 11) is 0. The van der Waals surface area contributed by atoms with Gasteiger partial charge in [0.15, 0.2) is 0 Å². The van der Waals surface area contributed by atoms with Gasteiger partial charge in [-0.3, -0.25) is 9.98 Å². The lowest BCUT2D eigenvalue weighted by Gasteiger charge is -2.21. The first-order valence-corrected chi connectivity index (χ1v) is 6.65. The molecule has 2 N–H and O–H groups in total. The van der Waals surface area contributed by atoms with Crippen molar-refractivity contribution in [1.82, 2.24) is 0 Å². The summed E-state index contributed by atoms with van der Waals surface area (Å²) in [6, 6.07) is 5.98. The molecular formula is C15H19N5. The number of hydrogen-bond donors (Lipinski definition) is 1. The van der Waals surface area contributed by atoms with Crippen LogP contribution in [0.2, 0.25) is 0 Å². The Morgan fingerprint density at radius 3 is 2.70 bits per heavy atom. The van der Waals surface area contributed by atoms with E-state index in [9.17, 15) is 5.26 Å². The minimum absolute atomic E-state index is 0.154. The third-order valence-electron chi connectivity index (χ3n) is 3.68. The number of aliphatic imine (C=N–C) groups is 2. The topological polar surface area (TPSA) is 77.8 Å². The van der Waals surface area contributed by atoms with Crippen LogP contribution in [-0.4, -0.2) is 32.1 Å². The minimum Gasteiger partial charge on any atom is -0.368 e. The third-order valence-corrected chi connectivity index (χ3v) is 3.68. The predicted molar refractivity (Wildman–Crippen MR) is 83.5 cm³/mol. The molecule has 0 saturated carbocycles. The van der Waals surface area contributed by atoms with Crippen molar-refractivity contribution in [2.75, 3.05) is 18.0 Å². The lowest BCUT2D eigenvalue weighted by molar-refractivity contribution is 0.566. The van der Waals surface area contributed by atoms with Gasteiger partial charge in [-0.25, -0.2) is 0 Å². The van der Waals surface area contributed by atoms with Crippen molar-refractivity contribution in [3.63, 3.8) is 0 Å². The summed E-state index contributed by atoms with van der Waals surface area (Å²) in [6.45, 7) is 9.24. The normalized spacial score (nSPS) is 22.2.